The van der Waals surface area contributed by atoms with Crippen LogP contribution in [0.1, 0.15) is 5.56 Å². The van der Waals surface area contributed by atoms with Crippen LogP contribution in [0.4, 0.5) is 0 Å². The van der Waals surface area contributed by atoms with Crippen molar-refractivity contribution in [1.29, 1.82) is 0 Å². The van der Waals surface area contributed by atoms with Gasteiger partial charge in [0.2, 0.25) is 0 Å². The van der Waals surface area contributed by atoms with Crippen molar-refractivity contribution in [2.45, 2.75) is 6.42 Å². The van der Waals surface area contributed by atoms with Crippen molar-refractivity contribution in [2.75, 3.05) is 6.61 Å². The van der Waals surface area contributed by atoms with Crippen LogP contribution in [-0.4, -0.2) is 17.7 Å². The van der Waals surface area contributed by atoms with E-state index in [0.29, 0.717) is 17.2 Å². The molecule has 104 valence electrons. The molecule has 0 aromatic heterocycles. The molecule has 2 aromatic rings. The van der Waals surface area contributed by atoms with Crippen molar-refractivity contribution < 1.29 is 14.6 Å². The van der Waals surface area contributed by atoms with Gasteiger partial charge in [0, 0.05) is 5.02 Å². The minimum absolute atomic E-state index is 0.116. The lowest BCUT2D eigenvalue weighted by molar-refractivity contribution is -0.142. The molecule has 2 aromatic carbocycles. The van der Waals surface area contributed by atoms with Gasteiger partial charge in [0.25, 0.3) is 0 Å². The molecule has 1 N–H and O–H groups in total. The Balaban J connectivity index is 1.98. The number of rotatable bonds is 6. The van der Waals surface area contributed by atoms with Crippen molar-refractivity contribution in [3.63, 3.8) is 0 Å². The zero-order valence-electron chi connectivity index (χ0n) is 10.8. The van der Waals surface area contributed by atoms with E-state index in [-0.39, 0.29) is 6.61 Å². The summed E-state index contributed by atoms with van der Waals surface area (Å²) in [6, 6.07) is 16.5. The summed E-state index contributed by atoms with van der Waals surface area (Å²) in [5.41, 5.74) is 0.981. The van der Waals surface area contributed by atoms with Gasteiger partial charge in [-0.25, -0.2) is 0 Å². The molecule has 0 radical (unpaired) electrons. The second-order valence-electron chi connectivity index (χ2n) is 4.49. The third-order valence-corrected chi connectivity index (χ3v) is 3.16. The minimum atomic E-state index is -0.865. The molecule has 0 bridgehead atoms. The fraction of sp³-hybridized carbons (Fsp3) is 0.188. The van der Waals surface area contributed by atoms with Gasteiger partial charge in [0.05, 0.1) is 5.92 Å². The number of hydrogen-bond donors (Lipinski definition) is 1. The second kappa shape index (κ2) is 6.96. The molecule has 1 atom stereocenters. The van der Waals surface area contributed by atoms with Gasteiger partial charge < -0.3 is 9.84 Å². The zero-order chi connectivity index (χ0) is 14.4. The maximum atomic E-state index is 11.3. The van der Waals surface area contributed by atoms with Crippen LogP contribution < -0.4 is 4.74 Å². The van der Waals surface area contributed by atoms with E-state index in [2.05, 4.69) is 0 Å². The quantitative estimate of drug-likeness (QED) is 0.883. The SMILES string of the molecule is O=C(O)C(COc1cccc(Cl)c1)Cc1ccccc1. The van der Waals surface area contributed by atoms with Crippen LogP contribution in [0, 0.1) is 5.92 Å². The molecule has 0 spiro atoms. The Labute approximate surface area is 122 Å². The molecule has 0 fully saturated rings. The van der Waals surface area contributed by atoms with Crippen molar-refractivity contribution in [1.82, 2.24) is 0 Å². The predicted molar refractivity (Wildman–Crippen MR) is 78.2 cm³/mol. The highest BCUT2D eigenvalue weighted by Gasteiger charge is 2.19. The molecule has 4 heteroatoms. The van der Waals surface area contributed by atoms with E-state index >= 15 is 0 Å². The second-order valence-corrected chi connectivity index (χ2v) is 4.93. The van der Waals surface area contributed by atoms with Gasteiger partial charge in [-0.3, -0.25) is 4.79 Å². The van der Waals surface area contributed by atoms with Crippen molar-refractivity contribution in [2.24, 2.45) is 5.92 Å². The van der Waals surface area contributed by atoms with Gasteiger partial charge in [-0.05, 0) is 30.2 Å². The molecule has 3 nitrogen and oxygen atoms in total. The lowest BCUT2D eigenvalue weighted by atomic mass is 10.0. The summed E-state index contributed by atoms with van der Waals surface area (Å²) in [6.45, 7) is 0.116. The van der Waals surface area contributed by atoms with Gasteiger partial charge >= 0.3 is 5.97 Å². The highest BCUT2D eigenvalue weighted by molar-refractivity contribution is 6.30. The number of halogens is 1. The highest BCUT2D eigenvalue weighted by Crippen LogP contribution is 2.18. The normalized spacial score (nSPS) is 11.8. The van der Waals surface area contributed by atoms with Gasteiger partial charge in [-0.2, -0.15) is 0 Å². The van der Waals surface area contributed by atoms with Crippen LogP contribution in [0.15, 0.2) is 54.6 Å². The van der Waals surface area contributed by atoms with Gasteiger partial charge in [-0.15, -0.1) is 0 Å². The fourth-order valence-electron chi connectivity index (χ4n) is 1.87. The molecule has 0 heterocycles. The summed E-state index contributed by atoms with van der Waals surface area (Å²) < 4.78 is 5.52. The number of carboxylic acids is 1. The molecule has 20 heavy (non-hydrogen) atoms. The largest absolute Gasteiger partial charge is 0.493 e. The molecule has 2 rings (SSSR count). The monoisotopic (exact) mass is 290 g/mol. The first kappa shape index (κ1) is 14.4. The van der Waals surface area contributed by atoms with E-state index in [0.717, 1.165) is 5.56 Å². The minimum Gasteiger partial charge on any atom is -0.493 e. The molecule has 1 unspecified atom stereocenters. The van der Waals surface area contributed by atoms with Crippen LogP contribution in [0.25, 0.3) is 0 Å². The summed E-state index contributed by atoms with van der Waals surface area (Å²) in [7, 11) is 0. The molecular weight excluding hydrogens is 276 g/mol. The predicted octanol–water partition coefficient (Wildman–Crippen LogP) is 3.66. The van der Waals surface area contributed by atoms with Crippen molar-refractivity contribution in [3.05, 3.63) is 65.2 Å². The van der Waals surface area contributed by atoms with Crippen molar-refractivity contribution >= 4 is 17.6 Å². The molecule has 0 saturated carbocycles. The summed E-state index contributed by atoms with van der Waals surface area (Å²) in [6.07, 6.45) is 0.441. The summed E-state index contributed by atoms with van der Waals surface area (Å²) in [4.78, 5) is 11.3. The number of ether oxygens (including phenoxy) is 1. The van der Waals surface area contributed by atoms with E-state index in [9.17, 15) is 9.90 Å². The number of carbonyl (C=O) groups is 1. The van der Waals surface area contributed by atoms with Crippen LogP contribution in [0.3, 0.4) is 0 Å². The Hall–Kier alpha value is -2.00. The first-order chi connectivity index (χ1) is 9.65. The van der Waals surface area contributed by atoms with E-state index in [1.54, 1.807) is 24.3 Å². The third-order valence-electron chi connectivity index (χ3n) is 2.92. The molecule has 0 aliphatic heterocycles. The van der Waals surface area contributed by atoms with Crippen LogP contribution in [0.2, 0.25) is 5.02 Å². The average Bonchev–Trinajstić information content (AvgIpc) is 2.44. The number of benzene rings is 2. The molecule has 0 aliphatic carbocycles. The summed E-state index contributed by atoms with van der Waals surface area (Å²) in [5.74, 6) is -0.871. The Bertz CT molecular complexity index is 569. The molecule has 0 aliphatic rings. The van der Waals surface area contributed by atoms with E-state index in [1.165, 1.54) is 0 Å². The third kappa shape index (κ3) is 4.28. The smallest absolute Gasteiger partial charge is 0.310 e. The van der Waals surface area contributed by atoms with Crippen LogP contribution in [-0.2, 0) is 11.2 Å². The Morgan fingerprint density at radius 2 is 1.90 bits per heavy atom. The van der Waals surface area contributed by atoms with Gasteiger partial charge in [-0.1, -0.05) is 48.0 Å². The maximum Gasteiger partial charge on any atom is 0.310 e. The van der Waals surface area contributed by atoms with Crippen LogP contribution in [0.5, 0.6) is 5.75 Å². The van der Waals surface area contributed by atoms with E-state index < -0.39 is 11.9 Å². The van der Waals surface area contributed by atoms with E-state index in [1.807, 2.05) is 30.3 Å². The van der Waals surface area contributed by atoms with E-state index in [4.69, 9.17) is 16.3 Å². The Morgan fingerprint density at radius 1 is 1.15 bits per heavy atom. The van der Waals surface area contributed by atoms with Gasteiger partial charge in [0.1, 0.15) is 12.4 Å². The topological polar surface area (TPSA) is 46.5 Å². The number of carboxylic acid groups (broad SMARTS) is 1. The van der Waals surface area contributed by atoms with Gasteiger partial charge in [0.15, 0.2) is 0 Å². The lowest BCUT2D eigenvalue weighted by Gasteiger charge is -2.14. The first-order valence-corrected chi connectivity index (χ1v) is 6.68. The van der Waals surface area contributed by atoms with Crippen LogP contribution >= 0.6 is 11.6 Å². The standard InChI is InChI=1S/C16H15ClO3/c17-14-7-4-8-15(10-14)20-11-13(16(18)19)9-12-5-2-1-3-6-12/h1-8,10,13H,9,11H2,(H,18,19). The van der Waals surface area contributed by atoms with Crippen molar-refractivity contribution in [3.8, 4) is 5.75 Å². The molecule has 0 saturated heterocycles. The summed E-state index contributed by atoms with van der Waals surface area (Å²) >= 11 is 5.86. The Kier molecular flexibility index (Phi) is 5.02. The first-order valence-electron chi connectivity index (χ1n) is 6.30. The fourth-order valence-corrected chi connectivity index (χ4v) is 2.05. The lowest BCUT2D eigenvalue weighted by Crippen LogP contribution is -2.23. The highest BCUT2D eigenvalue weighted by atomic mass is 35.5. The molecular formula is C16H15ClO3. The average molecular weight is 291 g/mol. The molecule has 0 amide bonds. The number of aliphatic carboxylic acids is 1. The maximum absolute atomic E-state index is 11.3. The zero-order valence-corrected chi connectivity index (χ0v) is 11.6. The Morgan fingerprint density at radius 3 is 2.55 bits per heavy atom. The number of hydrogen-bond acceptors (Lipinski definition) is 2. The summed E-state index contributed by atoms with van der Waals surface area (Å²) in [5, 5.41) is 9.83.